The van der Waals surface area contributed by atoms with E-state index in [4.69, 9.17) is 0 Å². The van der Waals surface area contributed by atoms with Crippen molar-refractivity contribution in [3.8, 4) is 0 Å². The number of hydrogen-bond acceptors (Lipinski definition) is 5. The first-order valence-corrected chi connectivity index (χ1v) is 7.17. The largest absolute Gasteiger partial charge is 0.367 e. The minimum atomic E-state index is 0.410. The summed E-state index contributed by atoms with van der Waals surface area (Å²) in [5.74, 6) is 2.28. The van der Waals surface area contributed by atoms with Crippen LogP contribution in [0.3, 0.4) is 0 Å². The molecule has 0 aromatic carbocycles. The van der Waals surface area contributed by atoms with Crippen LogP contribution >= 0.6 is 11.3 Å². The number of nitrogens with zero attached hydrogens (tertiary/aromatic N) is 2. The number of anilines is 2. The fourth-order valence-electron chi connectivity index (χ4n) is 2.08. The molecule has 1 atom stereocenters. The van der Waals surface area contributed by atoms with Crippen molar-refractivity contribution in [2.24, 2.45) is 5.92 Å². The monoisotopic (exact) mass is 264 g/mol. The number of rotatable bonds is 5. The lowest BCUT2D eigenvalue weighted by Crippen LogP contribution is -2.18. The molecule has 2 N–H and O–H groups in total. The maximum atomic E-state index is 4.51. The van der Waals surface area contributed by atoms with Crippen molar-refractivity contribution in [1.82, 2.24) is 9.97 Å². The second kappa shape index (κ2) is 5.52. The minimum Gasteiger partial charge on any atom is -0.367 e. The Kier molecular flexibility index (Phi) is 4.01. The maximum Gasteiger partial charge on any atom is 0.225 e. The van der Waals surface area contributed by atoms with Crippen LogP contribution in [0.2, 0.25) is 0 Å². The number of thiophene rings is 1. The lowest BCUT2D eigenvalue weighted by atomic mass is 10.1. The van der Waals surface area contributed by atoms with Crippen LogP contribution in [0.4, 0.5) is 11.8 Å². The highest BCUT2D eigenvalue weighted by Crippen LogP contribution is 2.27. The summed E-state index contributed by atoms with van der Waals surface area (Å²) >= 11 is 1.64. The molecule has 0 aliphatic rings. The fraction of sp³-hybridized carbons (Fsp3) is 0.538. The van der Waals surface area contributed by atoms with Gasteiger partial charge in [-0.05, 0) is 30.7 Å². The third-order valence-corrected chi connectivity index (χ3v) is 3.56. The second-order valence-electron chi connectivity index (χ2n) is 4.96. The Labute approximate surface area is 112 Å². The van der Waals surface area contributed by atoms with Crippen LogP contribution in [0.1, 0.15) is 27.2 Å². The van der Waals surface area contributed by atoms with E-state index >= 15 is 0 Å². The van der Waals surface area contributed by atoms with Gasteiger partial charge in [0.25, 0.3) is 0 Å². The normalized spacial score (nSPS) is 12.9. The molecule has 4 nitrogen and oxygen atoms in total. The zero-order valence-electron chi connectivity index (χ0n) is 11.3. The third kappa shape index (κ3) is 2.90. The standard InChI is InChI=1S/C13H20N4S/c1-8(2)7-9(3)15-11-10-5-6-18-12(10)17-13(14-4)16-11/h5-6,8-9H,7H2,1-4H3,(H2,14,15,16,17). The van der Waals surface area contributed by atoms with E-state index in [2.05, 4.69) is 52.8 Å². The van der Waals surface area contributed by atoms with Crippen molar-refractivity contribution < 1.29 is 0 Å². The molecule has 2 aromatic rings. The molecular formula is C13H20N4S. The molecule has 98 valence electrons. The van der Waals surface area contributed by atoms with E-state index in [9.17, 15) is 0 Å². The van der Waals surface area contributed by atoms with Gasteiger partial charge in [-0.3, -0.25) is 0 Å². The van der Waals surface area contributed by atoms with E-state index in [1.807, 2.05) is 7.05 Å². The number of fused-ring (bicyclic) bond motifs is 1. The predicted molar refractivity (Wildman–Crippen MR) is 79.5 cm³/mol. The molecule has 0 aliphatic heterocycles. The van der Waals surface area contributed by atoms with Crippen LogP contribution in [0.15, 0.2) is 11.4 Å². The zero-order chi connectivity index (χ0) is 13.1. The summed E-state index contributed by atoms with van der Waals surface area (Å²) in [4.78, 5) is 9.97. The molecule has 0 fully saturated rings. The Morgan fingerprint density at radius 3 is 2.72 bits per heavy atom. The van der Waals surface area contributed by atoms with Gasteiger partial charge in [0.2, 0.25) is 5.95 Å². The molecular weight excluding hydrogens is 244 g/mol. The van der Waals surface area contributed by atoms with Gasteiger partial charge in [0.1, 0.15) is 10.6 Å². The van der Waals surface area contributed by atoms with Gasteiger partial charge in [-0.25, -0.2) is 4.98 Å². The van der Waals surface area contributed by atoms with Crippen molar-refractivity contribution in [3.63, 3.8) is 0 Å². The first-order valence-electron chi connectivity index (χ1n) is 6.29. The van der Waals surface area contributed by atoms with E-state index in [1.165, 1.54) is 0 Å². The quantitative estimate of drug-likeness (QED) is 0.866. The summed E-state index contributed by atoms with van der Waals surface area (Å²) in [6, 6.07) is 2.48. The van der Waals surface area contributed by atoms with Gasteiger partial charge in [0.05, 0.1) is 5.39 Å². The fourth-order valence-corrected chi connectivity index (χ4v) is 2.84. The molecule has 0 spiro atoms. The van der Waals surface area contributed by atoms with Crippen LogP contribution in [-0.4, -0.2) is 23.1 Å². The van der Waals surface area contributed by atoms with E-state index in [-0.39, 0.29) is 0 Å². The average Bonchev–Trinajstić information content (AvgIpc) is 2.75. The minimum absolute atomic E-state index is 0.410. The van der Waals surface area contributed by atoms with Crippen molar-refractivity contribution in [2.45, 2.75) is 33.2 Å². The van der Waals surface area contributed by atoms with Gasteiger partial charge in [0, 0.05) is 13.1 Å². The first-order chi connectivity index (χ1) is 8.60. The lowest BCUT2D eigenvalue weighted by molar-refractivity contribution is 0.539. The second-order valence-corrected chi connectivity index (χ2v) is 5.85. The highest BCUT2D eigenvalue weighted by molar-refractivity contribution is 7.16. The lowest BCUT2D eigenvalue weighted by Gasteiger charge is -2.17. The average molecular weight is 264 g/mol. The smallest absolute Gasteiger partial charge is 0.225 e. The van der Waals surface area contributed by atoms with Gasteiger partial charge in [-0.2, -0.15) is 4.98 Å². The molecule has 2 heterocycles. The van der Waals surface area contributed by atoms with E-state index in [0.29, 0.717) is 17.9 Å². The van der Waals surface area contributed by atoms with Crippen LogP contribution < -0.4 is 10.6 Å². The van der Waals surface area contributed by atoms with Crippen molar-refractivity contribution in [3.05, 3.63) is 11.4 Å². The molecule has 0 saturated heterocycles. The molecule has 18 heavy (non-hydrogen) atoms. The third-order valence-electron chi connectivity index (χ3n) is 2.76. The molecule has 0 saturated carbocycles. The van der Waals surface area contributed by atoms with Crippen LogP contribution in [0.5, 0.6) is 0 Å². The Balaban J connectivity index is 2.28. The van der Waals surface area contributed by atoms with Crippen molar-refractivity contribution >= 4 is 33.3 Å². The van der Waals surface area contributed by atoms with Gasteiger partial charge < -0.3 is 10.6 Å². The predicted octanol–water partition coefficient (Wildman–Crippen LogP) is 3.58. The topological polar surface area (TPSA) is 49.8 Å². The molecule has 2 rings (SSSR count). The summed E-state index contributed by atoms with van der Waals surface area (Å²) in [5, 5.41) is 9.66. The number of nitrogens with one attached hydrogen (secondary N) is 2. The highest BCUT2D eigenvalue weighted by Gasteiger charge is 2.11. The summed E-state index contributed by atoms with van der Waals surface area (Å²) in [7, 11) is 1.84. The van der Waals surface area contributed by atoms with Gasteiger partial charge >= 0.3 is 0 Å². The molecule has 0 amide bonds. The number of hydrogen-bond donors (Lipinski definition) is 2. The molecule has 0 bridgehead atoms. The van der Waals surface area contributed by atoms with Gasteiger partial charge in [-0.1, -0.05) is 13.8 Å². The molecule has 2 aromatic heterocycles. The Hall–Kier alpha value is -1.36. The maximum absolute atomic E-state index is 4.51. The van der Waals surface area contributed by atoms with E-state index in [1.54, 1.807) is 11.3 Å². The SMILES string of the molecule is CNc1nc(NC(C)CC(C)C)c2ccsc2n1. The highest BCUT2D eigenvalue weighted by atomic mass is 32.1. The summed E-state index contributed by atoms with van der Waals surface area (Å²) in [6.45, 7) is 6.66. The molecule has 0 aliphatic carbocycles. The summed E-state index contributed by atoms with van der Waals surface area (Å²) in [6.07, 6.45) is 1.13. The van der Waals surface area contributed by atoms with Gasteiger partial charge in [0.15, 0.2) is 0 Å². The first kappa shape index (κ1) is 13.1. The zero-order valence-corrected chi connectivity index (χ0v) is 12.1. The molecule has 1 unspecified atom stereocenters. The molecule has 5 heteroatoms. The summed E-state index contributed by atoms with van der Waals surface area (Å²) < 4.78 is 0. The Morgan fingerprint density at radius 1 is 1.28 bits per heavy atom. The Bertz CT molecular complexity index is 521. The van der Waals surface area contributed by atoms with Crippen molar-refractivity contribution in [1.29, 1.82) is 0 Å². The van der Waals surface area contributed by atoms with E-state index < -0.39 is 0 Å². The van der Waals surface area contributed by atoms with Crippen LogP contribution in [-0.2, 0) is 0 Å². The van der Waals surface area contributed by atoms with Crippen LogP contribution in [0, 0.1) is 5.92 Å². The Morgan fingerprint density at radius 2 is 2.06 bits per heavy atom. The van der Waals surface area contributed by atoms with Gasteiger partial charge in [-0.15, -0.1) is 11.3 Å². The number of aromatic nitrogens is 2. The molecule has 0 radical (unpaired) electrons. The van der Waals surface area contributed by atoms with Crippen LogP contribution in [0.25, 0.3) is 10.2 Å². The summed E-state index contributed by atoms with van der Waals surface area (Å²) in [5.41, 5.74) is 0. The van der Waals surface area contributed by atoms with Crippen molar-refractivity contribution in [2.75, 3.05) is 17.7 Å². The van der Waals surface area contributed by atoms with E-state index in [0.717, 1.165) is 22.5 Å².